The van der Waals surface area contributed by atoms with Crippen molar-refractivity contribution in [2.75, 3.05) is 23.8 Å². The average molecular weight is 315 g/mol. The van der Waals surface area contributed by atoms with Crippen LogP contribution in [0.15, 0.2) is 24.3 Å². The second-order valence-electron chi connectivity index (χ2n) is 4.91. The third-order valence-electron chi connectivity index (χ3n) is 3.38. The molecule has 0 saturated heterocycles. The van der Waals surface area contributed by atoms with E-state index in [1.807, 2.05) is 13.0 Å². The van der Waals surface area contributed by atoms with Crippen LogP contribution in [0.5, 0.6) is 0 Å². The molecule has 1 aromatic carbocycles. The molecule has 1 aliphatic carbocycles. The Morgan fingerprint density at radius 3 is 2.71 bits per heavy atom. The molecular weight excluding hydrogens is 294 g/mol. The first-order valence-electron chi connectivity index (χ1n) is 6.74. The van der Waals surface area contributed by atoms with Crippen molar-refractivity contribution in [3.05, 3.63) is 24.3 Å². The van der Waals surface area contributed by atoms with Crippen LogP contribution in [0.4, 0.5) is 11.4 Å². The van der Waals surface area contributed by atoms with Gasteiger partial charge in [-0.25, -0.2) is 5.14 Å². The van der Waals surface area contributed by atoms with Gasteiger partial charge in [0.05, 0.1) is 17.8 Å². The normalized spacial score (nSPS) is 25.2. The molecule has 0 bridgehead atoms. The fourth-order valence-electron chi connectivity index (χ4n) is 2.47. The van der Waals surface area contributed by atoms with Gasteiger partial charge in [0.15, 0.2) is 0 Å². The number of nitrogens with one attached hydrogen (secondary N) is 2. The number of methoxy groups -OCH3 is 1. The Labute approximate surface area is 125 Å². The van der Waals surface area contributed by atoms with Gasteiger partial charge in [-0.3, -0.25) is 4.72 Å². The van der Waals surface area contributed by atoms with Gasteiger partial charge in [0.25, 0.3) is 10.2 Å². The maximum atomic E-state index is 11.0. The highest BCUT2D eigenvalue weighted by Gasteiger charge is 2.42. The van der Waals surface area contributed by atoms with Crippen LogP contribution < -0.4 is 15.2 Å². The van der Waals surface area contributed by atoms with Gasteiger partial charge in [-0.1, -0.05) is 6.07 Å². The number of benzene rings is 1. The molecule has 0 radical (unpaired) electrons. The number of anilines is 2. The molecule has 2 rings (SSSR count). The van der Waals surface area contributed by atoms with E-state index in [4.69, 9.17) is 14.6 Å². The summed E-state index contributed by atoms with van der Waals surface area (Å²) in [4.78, 5) is 0. The van der Waals surface area contributed by atoms with Gasteiger partial charge in [-0.2, -0.15) is 8.42 Å². The molecule has 3 atom stereocenters. The molecule has 0 spiro atoms. The van der Waals surface area contributed by atoms with E-state index in [2.05, 4.69) is 10.0 Å². The molecule has 4 N–H and O–H groups in total. The summed E-state index contributed by atoms with van der Waals surface area (Å²) in [7, 11) is -2.11. The molecule has 1 saturated carbocycles. The first-order chi connectivity index (χ1) is 9.93. The predicted octanol–water partition coefficient (Wildman–Crippen LogP) is 0.906. The molecule has 8 heteroatoms. The van der Waals surface area contributed by atoms with Crippen LogP contribution in [0.3, 0.4) is 0 Å². The molecule has 0 aromatic heterocycles. The van der Waals surface area contributed by atoms with Gasteiger partial charge in [-0.05, 0) is 31.5 Å². The number of ether oxygens (including phenoxy) is 2. The average Bonchev–Trinajstić information content (AvgIpc) is 2.36. The van der Waals surface area contributed by atoms with E-state index < -0.39 is 10.2 Å². The van der Waals surface area contributed by atoms with Gasteiger partial charge in [0.2, 0.25) is 0 Å². The lowest BCUT2D eigenvalue weighted by Gasteiger charge is -2.43. The van der Waals surface area contributed by atoms with Gasteiger partial charge in [-0.15, -0.1) is 0 Å². The summed E-state index contributed by atoms with van der Waals surface area (Å²) < 4.78 is 35.3. The van der Waals surface area contributed by atoms with Gasteiger partial charge >= 0.3 is 0 Å². The zero-order chi connectivity index (χ0) is 15.5. The summed E-state index contributed by atoms with van der Waals surface area (Å²) in [5.41, 5.74) is 1.21. The summed E-state index contributed by atoms with van der Waals surface area (Å²) in [6, 6.07) is 7.06. The van der Waals surface area contributed by atoms with Crippen LogP contribution in [0.1, 0.15) is 13.3 Å². The number of rotatable bonds is 7. The van der Waals surface area contributed by atoms with Crippen LogP contribution in [0.25, 0.3) is 0 Å². The van der Waals surface area contributed by atoms with Crippen molar-refractivity contribution < 1.29 is 17.9 Å². The van der Waals surface area contributed by atoms with Gasteiger partial charge in [0.1, 0.15) is 6.10 Å². The van der Waals surface area contributed by atoms with Crippen LogP contribution in [-0.2, 0) is 19.7 Å². The minimum Gasteiger partial charge on any atom is -0.379 e. The Morgan fingerprint density at radius 2 is 2.10 bits per heavy atom. The highest BCUT2D eigenvalue weighted by Crippen LogP contribution is 2.30. The fourth-order valence-corrected chi connectivity index (χ4v) is 2.92. The second-order valence-corrected chi connectivity index (χ2v) is 6.20. The van der Waals surface area contributed by atoms with E-state index in [0.717, 1.165) is 12.1 Å². The van der Waals surface area contributed by atoms with Crippen LogP contribution >= 0.6 is 0 Å². The lowest BCUT2D eigenvalue weighted by atomic mass is 9.85. The van der Waals surface area contributed by atoms with Crippen molar-refractivity contribution in [3.63, 3.8) is 0 Å². The van der Waals surface area contributed by atoms with Crippen LogP contribution in [0, 0.1) is 0 Å². The minimum atomic E-state index is -3.77. The third-order valence-corrected chi connectivity index (χ3v) is 3.90. The molecule has 1 aromatic rings. The smallest absolute Gasteiger partial charge is 0.296 e. The molecule has 21 heavy (non-hydrogen) atoms. The van der Waals surface area contributed by atoms with E-state index in [1.54, 1.807) is 25.3 Å². The second kappa shape index (κ2) is 6.61. The van der Waals surface area contributed by atoms with Gasteiger partial charge < -0.3 is 14.8 Å². The van der Waals surface area contributed by atoms with Crippen molar-refractivity contribution in [1.82, 2.24) is 0 Å². The van der Waals surface area contributed by atoms with Crippen LogP contribution in [-0.4, -0.2) is 40.4 Å². The summed E-state index contributed by atoms with van der Waals surface area (Å²) in [5, 5.41) is 8.27. The lowest BCUT2D eigenvalue weighted by Crippen LogP contribution is -2.56. The van der Waals surface area contributed by atoms with E-state index >= 15 is 0 Å². The van der Waals surface area contributed by atoms with Crippen LogP contribution in [0.2, 0.25) is 0 Å². The third kappa shape index (κ3) is 4.31. The molecule has 7 nitrogen and oxygen atoms in total. The quantitative estimate of drug-likeness (QED) is 0.694. The Hall–Kier alpha value is -1.35. The topological polar surface area (TPSA) is 103 Å². The Morgan fingerprint density at radius 1 is 1.38 bits per heavy atom. The number of nitrogens with two attached hydrogens (primary N) is 1. The summed E-state index contributed by atoms with van der Waals surface area (Å²) in [6.07, 6.45) is 0.933. The lowest BCUT2D eigenvalue weighted by molar-refractivity contribution is -0.118. The monoisotopic (exact) mass is 315 g/mol. The van der Waals surface area contributed by atoms with Crippen molar-refractivity contribution in [2.45, 2.75) is 31.6 Å². The molecule has 0 heterocycles. The van der Waals surface area contributed by atoms with Gasteiger partial charge in [0, 0.05) is 19.4 Å². The number of hydrogen-bond acceptors (Lipinski definition) is 5. The zero-order valence-corrected chi connectivity index (χ0v) is 12.9. The maximum absolute atomic E-state index is 11.0. The Bertz CT molecular complexity index is 579. The van der Waals surface area contributed by atoms with Crippen molar-refractivity contribution >= 4 is 21.6 Å². The molecule has 3 unspecified atom stereocenters. The molecule has 1 aliphatic rings. The summed E-state index contributed by atoms with van der Waals surface area (Å²) in [5.74, 6) is 0. The maximum Gasteiger partial charge on any atom is 0.296 e. The molecule has 0 aliphatic heterocycles. The van der Waals surface area contributed by atoms with E-state index in [-0.39, 0.29) is 18.2 Å². The van der Waals surface area contributed by atoms with Crippen molar-refractivity contribution in [3.8, 4) is 0 Å². The van der Waals surface area contributed by atoms with Crippen molar-refractivity contribution in [1.29, 1.82) is 0 Å². The number of hydrogen-bond donors (Lipinski definition) is 3. The van der Waals surface area contributed by atoms with E-state index in [1.165, 1.54) is 0 Å². The first-order valence-corrected chi connectivity index (χ1v) is 8.29. The summed E-state index contributed by atoms with van der Waals surface area (Å²) in [6.45, 7) is 2.61. The largest absolute Gasteiger partial charge is 0.379 e. The molecular formula is C13H21N3O4S. The van der Waals surface area contributed by atoms with Crippen molar-refractivity contribution in [2.24, 2.45) is 5.14 Å². The Balaban J connectivity index is 1.99. The standard InChI is InChI=1S/C13H21N3O4S/c1-3-20-12-8-11(13(12)19-2)15-9-5-4-6-10(7-9)16-21(14,17)18/h4-7,11-13,15-16H,3,8H2,1-2H3,(H2,14,17,18). The first kappa shape index (κ1) is 16.0. The van der Waals surface area contributed by atoms with E-state index in [9.17, 15) is 8.42 Å². The summed E-state index contributed by atoms with van der Waals surface area (Å²) >= 11 is 0. The molecule has 0 amide bonds. The highest BCUT2D eigenvalue weighted by atomic mass is 32.2. The zero-order valence-electron chi connectivity index (χ0n) is 12.1. The SMILES string of the molecule is CCOC1CC(Nc2cccc(NS(N)(=O)=O)c2)C1OC. The molecule has 118 valence electrons. The Kier molecular flexibility index (Phi) is 5.04. The fraction of sp³-hybridized carbons (Fsp3) is 0.538. The highest BCUT2D eigenvalue weighted by molar-refractivity contribution is 7.90. The predicted molar refractivity (Wildman–Crippen MR) is 81.4 cm³/mol. The van der Waals surface area contributed by atoms with E-state index in [0.29, 0.717) is 12.3 Å². The molecule has 1 fully saturated rings. The minimum absolute atomic E-state index is 0.0141.